The molecule has 0 fully saturated rings. The summed E-state index contributed by atoms with van der Waals surface area (Å²) in [6.07, 6.45) is 2.84. The maximum absolute atomic E-state index is 12.8. The topological polar surface area (TPSA) is 137 Å². The Morgan fingerprint density at radius 1 is 1.35 bits per heavy atom. The third kappa shape index (κ3) is 4.84. The van der Waals surface area contributed by atoms with Gasteiger partial charge in [0.1, 0.15) is 27.5 Å². The van der Waals surface area contributed by atoms with E-state index < -0.39 is 11.0 Å². The van der Waals surface area contributed by atoms with E-state index in [1.165, 1.54) is 18.5 Å². The lowest BCUT2D eigenvalue weighted by Crippen LogP contribution is -2.14. The van der Waals surface area contributed by atoms with Gasteiger partial charge in [-0.3, -0.25) is 9.79 Å². The Bertz CT molecular complexity index is 1290. The Balaban J connectivity index is 2.16. The number of hydrogen-bond acceptors (Lipinski definition) is 7. The fraction of sp³-hybridized carbons (Fsp3) is 0.190. The van der Waals surface area contributed by atoms with Gasteiger partial charge in [0.25, 0.3) is 0 Å². The minimum Gasteiger partial charge on any atom is -0.455 e. The van der Waals surface area contributed by atoms with Gasteiger partial charge in [0.2, 0.25) is 0 Å². The van der Waals surface area contributed by atoms with E-state index in [1.54, 1.807) is 25.2 Å². The van der Waals surface area contributed by atoms with Crippen molar-refractivity contribution in [3.63, 3.8) is 0 Å². The zero-order chi connectivity index (χ0) is 22.7. The smallest absolute Gasteiger partial charge is 0.193 e. The van der Waals surface area contributed by atoms with Crippen LogP contribution in [0.2, 0.25) is 5.15 Å². The Kier molecular flexibility index (Phi) is 6.89. The highest BCUT2D eigenvalue weighted by atomic mass is 35.5. The fourth-order valence-electron chi connectivity index (χ4n) is 3.22. The maximum atomic E-state index is 12.8. The van der Waals surface area contributed by atoms with Crippen LogP contribution in [0.3, 0.4) is 0 Å². The average molecular weight is 460 g/mol. The molecule has 2 aromatic heterocycles. The Labute approximate surface area is 186 Å². The van der Waals surface area contributed by atoms with Gasteiger partial charge < -0.3 is 15.5 Å². The zero-order valence-corrected chi connectivity index (χ0v) is 18.8. The number of aryl methyl sites for hydroxylation is 1. The fourth-order valence-corrected chi connectivity index (χ4v) is 3.95. The highest BCUT2D eigenvalue weighted by Crippen LogP contribution is 2.30. The summed E-state index contributed by atoms with van der Waals surface area (Å²) in [6, 6.07) is 7.94. The van der Waals surface area contributed by atoms with E-state index in [9.17, 15) is 9.00 Å². The molecule has 0 aliphatic heterocycles. The van der Waals surface area contributed by atoms with Gasteiger partial charge in [-0.05, 0) is 37.6 Å². The van der Waals surface area contributed by atoms with Crippen molar-refractivity contribution in [1.29, 1.82) is 0 Å². The second-order valence-corrected chi connectivity index (χ2v) is 8.23. The molecule has 0 spiro atoms. The second kappa shape index (κ2) is 9.42. The van der Waals surface area contributed by atoms with Crippen molar-refractivity contribution in [2.24, 2.45) is 15.9 Å². The lowest BCUT2D eigenvalue weighted by atomic mass is 10.0. The van der Waals surface area contributed by atoms with Gasteiger partial charge >= 0.3 is 0 Å². The first kappa shape index (κ1) is 22.7. The number of aliphatic imine (C=N–C) groups is 1. The molecule has 31 heavy (non-hydrogen) atoms. The highest BCUT2D eigenvalue weighted by molar-refractivity contribution is 7.82. The van der Waals surface area contributed by atoms with Crippen molar-refractivity contribution in [1.82, 2.24) is 4.98 Å². The first-order valence-electron chi connectivity index (χ1n) is 9.27. The van der Waals surface area contributed by atoms with Crippen LogP contribution >= 0.6 is 11.6 Å². The standard InChI is InChI=1S/C21H22ClN5O3S/c1-11-6-14(12(2)26-16-4-5-19(22)27-21(16)31(24)29)20-15(7-11)17(28)8-18(30-20)13(9-23)10-25-3/h4-10,12,26H,23-24H2,1-3H3/b13-9+,25-10?. The van der Waals surface area contributed by atoms with Crippen LogP contribution < -0.4 is 21.6 Å². The van der Waals surface area contributed by atoms with Crippen LogP contribution in [0.1, 0.15) is 29.9 Å². The predicted molar refractivity (Wildman–Crippen MR) is 126 cm³/mol. The molecule has 5 N–H and O–H groups in total. The average Bonchev–Trinajstić information content (AvgIpc) is 2.72. The molecule has 10 heteroatoms. The number of allylic oxidation sites excluding steroid dienone is 1. The number of rotatable bonds is 6. The van der Waals surface area contributed by atoms with Crippen molar-refractivity contribution in [2.75, 3.05) is 12.4 Å². The van der Waals surface area contributed by atoms with Crippen LogP contribution in [-0.4, -0.2) is 22.5 Å². The molecule has 0 amide bonds. The van der Waals surface area contributed by atoms with Crippen LogP contribution in [0, 0.1) is 6.92 Å². The molecule has 2 unspecified atom stereocenters. The number of aromatic nitrogens is 1. The quantitative estimate of drug-likeness (QED) is 0.382. The van der Waals surface area contributed by atoms with Gasteiger partial charge in [-0.2, -0.15) is 0 Å². The monoisotopic (exact) mass is 459 g/mol. The second-order valence-electron chi connectivity index (χ2n) is 6.87. The molecule has 0 radical (unpaired) electrons. The van der Waals surface area contributed by atoms with E-state index in [0.29, 0.717) is 28.0 Å². The van der Waals surface area contributed by atoms with E-state index in [2.05, 4.69) is 15.3 Å². The summed E-state index contributed by atoms with van der Waals surface area (Å²) in [5.41, 5.74) is 8.45. The van der Waals surface area contributed by atoms with E-state index in [-0.39, 0.29) is 21.6 Å². The number of anilines is 1. The summed E-state index contributed by atoms with van der Waals surface area (Å²) in [7, 11) is -0.240. The molecule has 1 aromatic carbocycles. The number of nitrogens with one attached hydrogen (secondary N) is 1. The SMILES string of the molecule is CN=C/C(=C\N)c1cc(=O)c2cc(C)cc(C(C)Nc3ccc(Cl)nc3S(N)=O)c2o1. The molecule has 3 aromatic rings. The summed E-state index contributed by atoms with van der Waals surface area (Å²) < 4.78 is 18.0. The highest BCUT2D eigenvalue weighted by Gasteiger charge is 2.19. The molecule has 162 valence electrons. The molecule has 0 bridgehead atoms. The van der Waals surface area contributed by atoms with Crippen molar-refractivity contribution in [2.45, 2.75) is 24.9 Å². The first-order chi connectivity index (χ1) is 14.7. The predicted octanol–water partition coefficient (Wildman–Crippen LogP) is 3.30. The molecule has 0 saturated carbocycles. The largest absolute Gasteiger partial charge is 0.455 e. The van der Waals surface area contributed by atoms with Gasteiger partial charge in [-0.1, -0.05) is 17.7 Å². The van der Waals surface area contributed by atoms with Crippen molar-refractivity contribution in [3.05, 3.63) is 68.8 Å². The lowest BCUT2D eigenvalue weighted by molar-refractivity contribution is 0.581. The van der Waals surface area contributed by atoms with Gasteiger partial charge in [0.15, 0.2) is 10.5 Å². The van der Waals surface area contributed by atoms with E-state index in [4.69, 9.17) is 26.9 Å². The van der Waals surface area contributed by atoms with Crippen molar-refractivity contribution >= 4 is 51.0 Å². The molecule has 0 aliphatic carbocycles. The molecule has 2 heterocycles. The third-order valence-electron chi connectivity index (χ3n) is 4.59. The van der Waals surface area contributed by atoms with Crippen LogP contribution in [0.25, 0.3) is 16.5 Å². The number of hydrogen-bond donors (Lipinski definition) is 3. The molecular weight excluding hydrogens is 438 g/mol. The molecular formula is C21H22ClN5O3S. The number of nitrogens with zero attached hydrogens (tertiary/aromatic N) is 2. The van der Waals surface area contributed by atoms with Gasteiger partial charge in [-0.25, -0.2) is 14.3 Å². The summed E-state index contributed by atoms with van der Waals surface area (Å²) in [4.78, 5) is 20.8. The Morgan fingerprint density at radius 2 is 2.10 bits per heavy atom. The van der Waals surface area contributed by atoms with Crippen LogP contribution in [-0.2, 0) is 11.0 Å². The van der Waals surface area contributed by atoms with E-state index in [1.807, 2.05) is 19.9 Å². The van der Waals surface area contributed by atoms with E-state index >= 15 is 0 Å². The normalized spacial score (nSPS) is 14.2. The molecule has 3 rings (SSSR count). The van der Waals surface area contributed by atoms with Gasteiger partial charge in [0, 0.05) is 31.1 Å². The molecule has 2 atom stereocenters. The number of halogens is 1. The zero-order valence-electron chi connectivity index (χ0n) is 17.2. The van der Waals surface area contributed by atoms with Crippen molar-refractivity contribution < 1.29 is 8.63 Å². The summed E-state index contributed by atoms with van der Waals surface area (Å²) in [5, 5.41) is 9.54. The van der Waals surface area contributed by atoms with Gasteiger partial charge in [0.05, 0.1) is 22.7 Å². The van der Waals surface area contributed by atoms with E-state index in [0.717, 1.165) is 11.1 Å². The van der Waals surface area contributed by atoms with Crippen LogP contribution in [0.4, 0.5) is 5.69 Å². The maximum Gasteiger partial charge on any atom is 0.193 e. The lowest BCUT2D eigenvalue weighted by Gasteiger charge is -2.19. The van der Waals surface area contributed by atoms with Gasteiger partial charge in [-0.15, -0.1) is 0 Å². The molecule has 0 aliphatic rings. The van der Waals surface area contributed by atoms with Crippen molar-refractivity contribution in [3.8, 4) is 0 Å². The first-order valence-corrected chi connectivity index (χ1v) is 10.9. The summed E-state index contributed by atoms with van der Waals surface area (Å²) in [5.74, 6) is 0.305. The summed E-state index contributed by atoms with van der Waals surface area (Å²) in [6.45, 7) is 3.77. The molecule has 0 saturated heterocycles. The summed E-state index contributed by atoms with van der Waals surface area (Å²) >= 11 is 5.91. The van der Waals surface area contributed by atoms with Crippen LogP contribution in [0.15, 0.2) is 55.8 Å². The number of fused-ring (bicyclic) bond motifs is 1. The Hall–Kier alpha value is -3.01. The number of nitrogens with two attached hydrogens (primary N) is 2. The van der Waals surface area contributed by atoms with Crippen LogP contribution in [0.5, 0.6) is 0 Å². The minimum atomic E-state index is -1.84. The number of pyridine rings is 1. The Morgan fingerprint density at radius 3 is 2.74 bits per heavy atom. The minimum absolute atomic E-state index is 0.131. The third-order valence-corrected chi connectivity index (χ3v) is 5.49. The number of benzene rings is 1. The molecule has 8 nitrogen and oxygen atoms in total.